The topological polar surface area (TPSA) is 112 Å². The number of amides is 2. The summed E-state index contributed by atoms with van der Waals surface area (Å²) in [6, 6.07) is 12.9. The van der Waals surface area contributed by atoms with Crippen LogP contribution in [0.25, 0.3) is 0 Å². The molecule has 2 aromatic rings. The highest BCUT2D eigenvalue weighted by atomic mass is 16.2. The van der Waals surface area contributed by atoms with E-state index in [2.05, 4.69) is 38.0 Å². The summed E-state index contributed by atoms with van der Waals surface area (Å²) in [4.78, 5) is 32.1. The highest BCUT2D eigenvalue weighted by Crippen LogP contribution is 2.30. The molecule has 1 saturated heterocycles. The fourth-order valence-electron chi connectivity index (χ4n) is 4.28. The van der Waals surface area contributed by atoms with E-state index in [9.17, 15) is 9.59 Å². The number of piperazine rings is 1. The number of fused-ring (bicyclic) bond motifs is 1. The Morgan fingerprint density at radius 2 is 2.06 bits per heavy atom. The predicted molar refractivity (Wildman–Crippen MR) is 119 cm³/mol. The SMILES string of the molecule is C[C@H](NC(=O)[C@H]1CN(Cc2ccccc2)CCN1)C(=O)NC1CCc2nc(N)ccc21. The van der Waals surface area contributed by atoms with Crippen LogP contribution in [0.1, 0.15) is 36.2 Å². The van der Waals surface area contributed by atoms with Crippen molar-refractivity contribution in [3.63, 3.8) is 0 Å². The van der Waals surface area contributed by atoms with Gasteiger partial charge in [-0.05, 0) is 37.0 Å². The van der Waals surface area contributed by atoms with Crippen molar-refractivity contribution in [1.82, 2.24) is 25.8 Å². The molecule has 1 aromatic heterocycles. The van der Waals surface area contributed by atoms with E-state index in [0.717, 1.165) is 43.7 Å². The fraction of sp³-hybridized carbons (Fsp3) is 0.435. The number of hydrogen-bond donors (Lipinski definition) is 4. The van der Waals surface area contributed by atoms with Crippen molar-refractivity contribution in [2.24, 2.45) is 0 Å². The Balaban J connectivity index is 1.28. The van der Waals surface area contributed by atoms with Crippen molar-refractivity contribution in [3.05, 3.63) is 59.3 Å². The van der Waals surface area contributed by atoms with Crippen LogP contribution >= 0.6 is 0 Å². The Morgan fingerprint density at radius 1 is 1.26 bits per heavy atom. The number of carbonyl (C=O) groups is 2. The number of nitrogen functional groups attached to an aromatic ring is 1. The molecule has 0 radical (unpaired) electrons. The first kappa shape index (κ1) is 21.3. The second-order valence-electron chi connectivity index (χ2n) is 8.33. The van der Waals surface area contributed by atoms with Crippen molar-refractivity contribution < 1.29 is 9.59 Å². The average Bonchev–Trinajstić information content (AvgIpc) is 3.16. The van der Waals surface area contributed by atoms with Crippen LogP contribution in [0.15, 0.2) is 42.5 Å². The molecule has 2 amide bonds. The summed E-state index contributed by atoms with van der Waals surface area (Å²) in [7, 11) is 0. The molecule has 164 valence electrons. The van der Waals surface area contributed by atoms with Crippen LogP contribution in [0.5, 0.6) is 0 Å². The van der Waals surface area contributed by atoms with Crippen LogP contribution in [0.2, 0.25) is 0 Å². The van der Waals surface area contributed by atoms with Crippen LogP contribution in [-0.2, 0) is 22.6 Å². The summed E-state index contributed by atoms with van der Waals surface area (Å²) in [6.45, 7) is 4.75. The molecule has 0 saturated carbocycles. The summed E-state index contributed by atoms with van der Waals surface area (Å²) in [5.41, 5.74) is 8.92. The lowest BCUT2D eigenvalue weighted by Gasteiger charge is -2.33. The molecule has 5 N–H and O–H groups in total. The molecule has 3 atom stereocenters. The number of nitrogens with two attached hydrogens (primary N) is 1. The van der Waals surface area contributed by atoms with Gasteiger partial charge in [0.15, 0.2) is 0 Å². The molecule has 1 aromatic carbocycles. The number of aryl methyl sites for hydroxylation is 1. The molecule has 0 bridgehead atoms. The number of benzene rings is 1. The highest BCUT2D eigenvalue weighted by Gasteiger charge is 2.30. The summed E-state index contributed by atoms with van der Waals surface area (Å²) < 4.78 is 0. The second-order valence-corrected chi connectivity index (χ2v) is 8.33. The molecule has 8 nitrogen and oxygen atoms in total. The van der Waals surface area contributed by atoms with E-state index in [0.29, 0.717) is 12.4 Å². The zero-order chi connectivity index (χ0) is 21.8. The molecule has 1 unspecified atom stereocenters. The van der Waals surface area contributed by atoms with Crippen LogP contribution < -0.4 is 21.7 Å². The first-order valence-corrected chi connectivity index (χ1v) is 10.9. The van der Waals surface area contributed by atoms with Gasteiger partial charge in [0.1, 0.15) is 11.9 Å². The van der Waals surface area contributed by atoms with Gasteiger partial charge in [-0.1, -0.05) is 36.4 Å². The summed E-state index contributed by atoms with van der Waals surface area (Å²) in [5.74, 6) is 0.147. The van der Waals surface area contributed by atoms with Gasteiger partial charge < -0.3 is 21.7 Å². The second kappa shape index (κ2) is 9.45. The van der Waals surface area contributed by atoms with Crippen molar-refractivity contribution in [2.45, 2.75) is 44.4 Å². The molecular formula is C23H30N6O2. The predicted octanol–water partition coefficient (Wildman–Crippen LogP) is 0.746. The monoisotopic (exact) mass is 422 g/mol. The average molecular weight is 423 g/mol. The van der Waals surface area contributed by atoms with Gasteiger partial charge in [0, 0.05) is 31.9 Å². The van der Waals surface area contributed by atoms with E-state index < -0.39 is 6.04 Å². The minimum absolute atomic E-state index is 0.0934. The lowest BCUT2D eigenvalue weighted by molar-refractivity contribution is -0.130. The van der Waals surface area contributed by atoms with Gasteiger partial charge in [-0.25, -0.2) is 4.98 Å². The number of nitrogens with zero attached hydrogens (tertiary/aromatic N) is 2. The molecule has 1 fully saturated rings. The maximum Gasteiger partial charge on any atom is 0.242 e. The number of hydrogen-bond acceptors (Lipinski definition) is 6. The van der Waals surface area contributed by atoms with E-state index in [1.54, 1.807) is 13.0 Å². The number of pyridine rings is 1. The number of rotatable bonds is 6. The van der Waals surface area contributed by atoms with Gasteiger partial charge in [0.2, 0.25) is 11.8 Å². The quantitative estimate of drug-likeness (QED) is 0.546. The Labute approximate surface area is 182 Å². The van der Waals surface area contributed by atoms with Crippen LogP contribution in [0.3, 0.4) is 0 Å². The van der Waals surface area contributed by atoms with Gasteiger partial charge in [-0.3, -0.25) is 14.5 Å². The first-order chi connectivity index (χ1) is 15.0. The Morgan fingerprint density at radius 3 is 2.87 bits per heavy atom. The first-order valence-electron chi connectivity index (χ1n) is 10.9. The summed E-state index contributed by atoms with van der Waals surface area (Å²) in [6.07, 6.45) is 1.58. The number of nitrogens with one attached hydrogen (secondary N) is 3. The van der Waals surface area contributed by atoms with E-state index in [1.165, 1.54) is 5.56 Å². The van der Waals surface area contributed by atoms with Crippen LogP contribution in [0, 0.1) is 0 Å². The molecule has 1 aliphatic heterocycles. The normalized spacial score (nSPS) is 21.8. The lowest BCUT2D eigenvalue weighted by Crippen LogP contribution is -2.59. The van der Waals surface area contributed by atoms with Gasteiger partial charge in [0.05, 0.1) is 12.1 Å². The van der Waals surface area contributed by atoms with Crippen molar-refractivity contribution in [3.8, 4) is 0 Å². The van der Waals surface area contributed by atoms with Crippen molar-refractivity contribution in [2.75, 3.05) is 25.4 Å². The highest BCUT2D eigenvalue weighted by molar-refractivity contribution is 5.89. The zero-order valence-electron chi connectivity index (χ0n) is 17.8. The molecule has 2 aliphatic rings. The Kier molecular flexibility index (Phi) is 6.48. The lowest BCUT2D eigenvalue weighted by atomic mass is 10.1. The maximum atomic E-state index is 12.8. The van der Waals surface area contributed by atoms with E-state index >= 15 is 0 Å². The molecule has 8 heteroatoms. The molecule has 0 spiro atoms. The molecule has 2 heterocycles. The van der Waals surface area contributed by atoms with Crippen molar-refractivity contribution >= 4 is 17.6 Å². The van der Waals surface area contributed by atoms with E-state index in [4.69, 9.17) is 5.73 Å². The Bertz CT molecular complexity index is 935. The van der Waals surface area contributed by atoms with Crippen LogP contribution in [0.4, 0.5) is 5.82 Å². The minimum atomic E-state index is -0.621. The largest absolute Gasteiger partial charge is 0.384 e. The third-order valence-electron chi connectivity index (χ3n) is 5.97. The molecule has 31 heavy (non-hydrogen) atoms. The van der Waals surface area contributed by atoms with Gasteiger partial charge in [-0.15, -0.1) is 0 Å². The van der Waals surface area contributed by atoms with Crippen LogP contribution in [-0.4, -0.2) is 53.4 Å². The van der Waals surface area contributed by atoms with Gasteiger partial charge in [-0.2, -0.15) is 0 Å². The number of aromatic nitrogens is 1. The summed E-state index contributed by atoms with van der Waals surface area (Å²) in [5, 5.41) is 9.17. The number of anilines is 1. The molecule has 1 aliphatic carbocycles. The summed E-state index contributed by atoms with van der Waals surface area (Å²) >= 11 is 0. The number of carbonyl (C=O) groups excluding carboxylic acids is 2. The van der Waals surface area contributed by atoms with Crippen molar-refractivity contribution in [1.29, 1.82) is 0 Å². The van der Waals surface area contributed by atoms with E-state index in [1.807, 2.05) is 24.3 Å². The Hall–Kier alpha value is -2.97. The van der Waals surface area contributed by atoms with E-state index in [-0.39, 0.29) is 23.9 Å². The third kappa shape index (κ3) is 5.21. The minimum Gasteiger partial charge on any atom is -0.384 e. The standard InChI is InChI=1S/C23H30N6O2/c1-15(22(30)28-19-9-8-18-17(19)7-10-21(24)27-18)26-23(31)20-14-29(12-11-25-20)13-16-5-3-2-4-6-16/h2-7,10,15,19-20,25H,8-9,11-14H2,1H3,(H2,24,27)(H,26,31)(H,28,30)/t15-,19?,20+/m0/s1. The smallest absolute Gasteiger partial charge is 0.242 e. The molecular weight excluding hydrogens is 392 g/mol. The maximum absolute atomic E-state index is 12.8. The fourth-order valence-corrected chi connectivity index (χ4v) is 4.28. The van der Waals surface area contributed by atoms with Gasteiger partial charge in [0.25, 0.3) is 0 Å². The third-order valence-corrected chi connectivity index (χ3v) is 5.97. The molecule has 4 rings (SSSR count). The van der Waals surface area contributed by atoms with Gasteiger partial charge >= 0.3 is 0 Å². The zero-order valence-corrected chi connectivity index (χ0v) is 17.8.